The van der Waals surface area contributed by atoms with Crippen LogP contribution in [0.2, 0.25) is 0 Å². The van der Waals surface area contributed by atoms with Crippen molar-refractivity contribution in [2.45, 2.75) is 38.8 Å². The van der Waals surface area contributed by atoms with E-state index in [9.17, 15) is 9.59 Å². The van der Waals surface area contributed by atoms with Crippen LogP contribution in [0.4, 0.5) is 0 Å². The Morgan fingerprint density at radius 1 is 1.06 bits per heavy atom. The third kappa shape index (κ3) is 3.60. The largest absolute Gasteiger partial charge is 0.330 e. The molecule has 94 valence electrons. The van der Waals surface area contributed by atoms with Gasteiger partial charge in [-0.15, -0.1) is 0 Å². The lowest BCUT2D eigenvalue weighted by molar-refractivity contribution is 0.527. The van der Waals surface area contributed by atoms with E-state index in [-0.39, 0.29) is 17.8 Å². The molecular weight excluding hydrogens is 232 g/mol. The van der Waals surface area contributed by atoms with E-state index in [0.717, 1.165) is 4.57 Å². The summed E-state index contributed by atoms with van der Waals surface area (Å²) < 4.78 is 2.55. The first kappa shape index (κ1) is 13.7. The molecule has 0 spiro atoms. The molecule has 0 aliphatic carbocycles. The van der Waals surface area contributed by atoms with E-state index in [0.29, 0.717) is 32.2 Å². The summed E-state index contributed by atoms with van der Waals surface area (Å²) in [4.78, 5) is 23.5. The number of aryl methyl sites for hydroxylation is 1. The van der Waals surface area contributed by atoms with Gasteiger partial charge in [0.05, 0.1) is 12.1 Å². The molecule has 1 heterocycles. The van der Waals surface area contributed by atoms with Crippen molar-refractivity contribution >= 4 is 0 Å². The van der Waals surface area contributed by atoms with Gasteiger partial charge in [-0.25, -0.2) is 4.79 Å². The number of aromatic nitrogens is 2. The molecule has 0 saturated carbocycles. The Bertz CT molecular complexity index is 586. The number of nitrogens with zero attached hydrogens (tertiary/aromatic N) is 4. The summed E-state index contributed by atoms with van der Waals surface area (Å²) in [6.07, 6.45) is 3.19. The summed E-state index contributed by atoms with van der Waals surface area (Å²) in [5.74, 6) is 0. The predicted molar refractivity (Wildman–Crippen MR) is 64.7 cm³/mol. The van der Waals surface area contributed by atoms with Gasteiger partial charge >= 0.3 is 5.69 Å². The van der Waals surface area contributed by atoms with E-state index < -0.39 is 0 Å². The molecule has 0 atom stereocenters. The average molecular weight is 246 g/mol. The summed E-state index contributed by atoms with van der Waals surface area (Å²) in [6, 6.07) is 5.31. The summed E-state index contributed by atoms with van der Waals surface area (Å²) >= 11 is 0. The molecule has 0 aliphatic heterocycles. The Labute approximate surface area is 104 Å². The highest BCUT2D eigenvalue weighted by atomic mass is 16.2. The minimum Gasteiger partial charge on any atom is -0.300 e. The Balaban J connectivity index is 2.87. The maximum absolute atomic E-state index is 11.9. The molecule has 1 aromatic rings. The zero-order valence-corrected chi connectivity index (χ0v) is 10.0. The zero-order chi connectivity index (χ0) is 13.4. The van der Waals surface area contributed by atoms with E-state index >= 15 is 0 Å². The highest BCUT2D eigenvalue weighted by Gasteiger charge is 2.04. The Morgan fingerprint density at radius 3 is 2.28 bits per heavy atom. The summed E-state index contributed by atoms with van der Waals surface area (Å²) in [5, 5.41) is 16.9. The maximum Gasteiger partial charge on any atom is 0.330 e. The fourth-order valence-electron chi connectivity index (χ4n) is 1.58. The molecule has 0 radical (unpaired) electrons. The van der Waals surface area contributed by atoms with Crippen LogP contribution in [0.3, 0.4) is 0 Å². The first-order valence-corrected chi connectivity index (χ1v) is 5.75. The number of nitriles is 2. The van der Waals surface area contributed by atoms with Gasteiger partial charge in [-0.3, -0.25) is 9.36 Å². The topological polar surface area (TPSA) is 91.6 Å². The maximum atomic E-state index is 11.9. The molecule has 6 nitrogen and oxygen atoms in total. The number of unbranched alkanes of at least 4 members (excludes halogenated alkanes) is 2. The van der Waals surface area contributed by atoms with Crippen LogP contribution in [0.25, 0.3) is 0 Å². The molecule has 0 amide bonds. The molecule has 0 unspecified atom stereocenters. The van der Waals surface area contributed by atoms with Gasteiger partial charge in [0.2, 0.25) is 0 Å². The molecule has 0 saturated heterocycles. The Hall–Kier alpha value is -2.34. The van der Waals surface area contributed by atoms with Gasteiger partial charge in [0.15, 0.2) is 0 Å². The van der Waals surface area contributed by atoms with Crippen molar-refractivity contribution < 1.29 is 0 Å². The van der Waals surface area contributed by atoms with E-state index in [2.05, 4.69) is 0 Å². The predicted octanol–water partition coefficient (Wildman–Crippen LogP) is 0.618. The van der Waals surface area contributed by atoms with Crippen LogP contribution in [0.5, 0.6) is 0 Å². The van der Waals surface area contributed by atoms with Crippen LogP contribution in [0, 0.1) is 22.7 Å². The highest BCUT2D eigenvalue weighted by molar-refractivity contribution is 4.87. The van der Waals surface area contributed by atoms with Crippen LogP contribution in [-0.2, 0) is 13.1 Å². The second kappa shape index (κ2) is 7.08. The van der Waals surface area contributed by atoms with Crippen molar-refractivity contribution in [3.63, 3.8) is 0 Å². The Kier molecular flexibility index (Phi) is 5.40. The summed E-state index contributed by atoms with van der Waals surface area (Å²) in [7, 11) is 0. The van der Waals surface area contributed by atoms with Gasteiger partial charge in [-0.1, -0.05) is 0 Å². The second-order valence-corrected chi connectivity index (χ2v) is 3.80. The summed E-state index contributed by atoms with van der Waals surface area (Å²) in [5.41, 5.74) is -0.729. The van der Waals surface area contributed by atoms with Crippen LogP contribution in [0.15, 0.2) is 21.9 Å². The smallest absolute Gasteiger partial charge is 0.300 e. The third-order valence-electron chi connectivity index (χ3n) is 2.50. The first-order valence-electron chi connectivity index (χ1n) is 5.75. The molecular formula is C12H14N4O2. The van der Waals surface area contributed by atoms with Gasteiger partial charge in [0.25, 0.3) is 5.56 Å². The van der Waals surface area contributed by atoms with Gasteiger partial charge in [-0.05, 0) is 12.8 Å². The standard InChI is InChI=1S/C12H14N4O2/c13-6-1-3-8-15-10-5-11(17)16(12(15)18)9-4-2-7-14/h5,10H,1-4,8-9H2. The minimum atomic E-state index is -0.377. The zero-order valence-electron chi connectivity index (χ0n) is 10.0. The summed E-state index contributed by atoms with van der Waals surface area (Å²) in [6.45, 7) is 0.676. The lowest BCUT2D eigenvalue weighted by Crippen LogP contribution is -2.39. The fourth-order valence-corrected chi connectivity index (χ4v) is 1.58. The lowest BCUT2D eigenvalue weighted by Gasteiger charge is -2.08. The van der Waals surface area contributed by atoms with Gasteiger partial charge in [-0.2, -0.15) is 10.5 Å². The number of rotatable bonds is 6. The van der Waals surface area contributed by atoms with E-state index in [1.54, 1.807) is 0 Å². The molecule has 0 aromatic carbocycles. The fraction of sp³-hybridized carbons (Fsp3) is 0.500. The van der Waals surface area contributed by atoms with Crippen molar-refractivity contribution in [1.29, 1.82) is 10.5 Å². The monoisotopic (exact) mass is 246 g/mol. The highest BCUT2D eigenvalue weighted by Crippen LogP contribution is 1.92. The number of hydrogen-bond donors (Lipinski definition) is 0. The third-order valence-corrected chi connectivity index (χ3v) is 2.50. The van der Waals surface area contributed by atoms with Crippen LogP contribution in [-0.4, -0.2) is 9.13 Å². The van der Waals surface area contributed by atoms with E-state index in [1.165, 1.54) is 16.8 Å². The molecule has 0 fully saturated rings. The molecule has 18 heavy (non-hydrogen) atoms. The van der Waals surface area contributed by atoms with Gasteiger partial charge in [0, 0.05) is 38.2 Å². The molecule has 0 N–H and O–H groups in total. The van der Waals surface area contributed by atoms with Crippen LogP contribution >= 0.6 is 0 Å². The normalized spacial score (nSPS) is 9.67. The second-order valence-electron chi connectivity index (χ2n) is 3.80. The molecule has 1 aromatic heterocycles. The van der Waals surface area contributed by atoms with Crippen LogP contribution in [0.1, 0.15) is 25.7 Å². The van der Waals surface area contributed by atoms with E-state index in [4.69, 9.17) is 10.5 Å². The van der Waals surface area contributed by atoms with Crippen molar-refractivity contribution in [2.24, 2.45) is 0 Å². The minimum absolute atomic E-state index is 0.254. The quantitative estimate of drug-likeness (QED) is 0.688. The number of hydrogen-bond acceptors (Lipinski definition) is 4. The van der Waals surface area contributed by atoms with Crippen molar-refractivity contribution in [3.8, 4) is 12.1 Å². The van der Waals surface area contributed by atoms with Crippen molar-refractivity contribution in [2.75, 3.05) is 0 Å². The first-order chi connectivity index (χ1) is 8.70. The van der Waals surface area contributed by atoms with Crippen molar-refractivity contribution in [3.05, 3.63) is 33.1 Å². The average Bonchev–Trinajstić information content (AvgIpc) is 2.36. The molecule has 1 rings (SSSR count). The molecule has 0 bridgehead atoms. The van der Waals surface area contributed by atoms with Gasteiger partial charge in [0.1, 0.15) is 0 Å². The van der Waals surface area contributed by atoms with Crippen molar-refractivity contribution in [1.82, 2.24) is 9.13 Å². The molecule has 6 heteroatoms. The lowest BCUT2D eigenvalue weighted by atomic mass is 10.3. The van der Waals surface area contributed by atoms with E-state index in [1.807, 2.05) is 12.1 Å². The SMILES string of the molecule is N#CCCCn1ccc(=O)n(CCCC#N)c1=O. The van der Waals surface area contributed by atoms with Gasteiger partial charge < -0.3 is 4.57 Å². The van der Waals surface area contributed by atoms with Crippen LogP contribution < -0.4 is 11.2 Å². The Morgan fingerprint density at radius 2 is 1.67 bits per heavy atom. The molecule has 0 aliphatic rings.